The van der Waals surface area contributed by atoms with Gasteiger partial charge in [-0.2, -0.15) is 9.97 Å². The second kappa shape index (κ2) is 6.37. The molecular formula is C15H22N4O3. The molecule has 1 aromatic heterocycles. The molecule has 0 bridgehead atoms. The molecule has 2 fully saturated rings. The van der Waals surface area contributed by atoms with Gasteiger partial charge in [0.15, 0.2) is 0 Å². The Hall–Kier alpha value is -2.05. The highest BCUT2D eigenvalue weighted by Gasteiger charge is 2.32. The lowest BCUT2D eigenvalue weighted by molar-refractivity contribution is -0.123. The maximum atomic E-state index is 11.9. The summed E-state index contributed by atoms with van der Waals surface area (Å²) in [5, 5.41) is 3.14. The third-order valence-electron chi connectivity index (χ3n) is 4.08. The second-order valence-corrected chi connectivity index (χ2v) is 5.82. The number of nitrogens with zero attached hydrogens (tertiary/aromatic N) is 3. The molecule has 0 radical (unpaired) electrons. The molecule has 0 aromatic carbocycles. The van der Waals surface area contributed by atoms with Gasteiger partial charge in [-0.1, -0.05) is 0 Å². The van der Waals surface area contributed by atoms with Crippen LogP contribution in [0.2, 0.25) is 0 Å². The summed E-state index contributed by atoms with van der Waals surface area (Å²) in [5.41, 5.74) is 0. The van der Waals surface area contributed by atoms with E-state index in [2.05, 4.69) is 20.2 Å². The Morgan fingerprint density at radius 2 is 1.91 bits per heavy atom. The number of rotatable bonds is 5. The van der Waals surface area contributed by atoms with Crippen LogP contribution in [0.25, 0.3) is 0 Å². The Labute approximate surface area is 130 Å². The third-order valence-corrected chi connectivity index (χ3v) is 4.08. The van der Waals surface area contributed by atoms with Crippen LogP contribution in [-0.2, 0) is 4.79 Å². The van der Waals surface area contributed by atoms with Crippen molar-refractivity contribution in [1.82, 2.24) is 15.3 Å². The van der Waals surface area contributed by atoms with Gasteiger partial charge in [0.2, 0.25) is 23.6 Å². The van der Waals surface area contributed by atoms with Crippen LogP contribution < -0.4 is 19.7 Å². The topological polar surface area (TPSA) is 76.6 Å². The van der Waals surface area contributed by atoms with E-state index in [1.54, 1.807) is 20.3 Å². The molecule has 2 aliphatic rings. The first-order valence-electron chi connectivity index (χ1n) is 7.72. The first kappa shape index (κ1) is 14.9. The first-order chi connectivity index (χ1) is 10.7. The van der Waals surface area contributed by atoms with Crippen LogP contribution in [0.5, 0.6) is 11.8 Å². The monoisotopic (exact) mass is 306 g/mol. The zero-order valence-corrected chi connectivity index (χ0v) is 13.0. The van der Waals surface area contributed by atoms with E-state index in [1.807, 2.05) is 0 Å². The van der Waals surface area contributed by atoms with Crippen LogP contribution >= 0.6 is 0 Å². The summed E-state index contributed by atoms with van der Waals surface area (Å²) in [6.45, 7) is 1.58. The lowest BCUT2D eigenvalue weighted by atomic mass is 10.1. The van der Waals surface area contributed by atoms with Crippen LogP contribution in [0.15, 0.2) is 6.07 Å². The van der Waals surface area contributed by atoms with Crippen LogP contribution in [0, 0.1) is 5.92 Å². The number of piperidine rings is 1. The van der Waals surface area contributed by atoms with Gasteiger partial charge in [0, 0.05) is 25.0 Å². The van der Waals surface area contributed by atoms with E-state index in [0.29, 0.717) is 17.7 Å². The lowest BCUT2D eigenvalue weighted by Crippen LogP contribution is -2.48. The fourth-order valence-electron chi connectivity index (χ4n) is 2.68. The average Bonchev–Trinajstić information content (AvgIpc) is 3.39. The van der Waals surface area contributed by atoms with Crippen LogP contribution in [0.3, 0.4) is 0 Å². The molecule has 1 unspecified atom stereocenters. The van der Waals surface area contributed by atoms with Gasteiger partial charge >= 0.3 is 0 Å². The summed E-state index contributed by atoms with van der Waals surface area (Å²) in [6.07, 6.45) is 4.05. The Balaban J connectivity index is 1.69. The predicted molar refractivity (Wildman–Crippen MR) is 81.2 cm³/mol. The Morgan fingerprint density at radius 3 is 2.50 bits per heavy atom. The second-order valence-electron chi connectivity index (χ2n) is 5.82. The van der Waals surface area contributed by atoms with E-state index < -0.39 is 0 Å². The minimum Gasteiger partial charge on any atom is -0.481 e. The van der Waals surface area contributed by atoms with Crippen LogP contribution in [0.1, 0.15) is 25.7 Å². The van der Waals surface area contributed by atoms with Crippen LogP contribution in [-0.4, -0.2) is 49.2 Å². The molecule has 120 valence electrons. The minimum absolute atomic E-state index is 0.155. The Morgan fingerprint density at radius 1 is 1.23 bits per heavy atom. The molecule has 1 atom stereocenters. The lowest BCUT2D eigenvalue weighted by Gasteiger charge is -2.33. The number of nitrogens with one attached hydrogen (secondary N) is 1. The van der Waals surface area contributed by atoms with E-state index in [0.717, 1.165) is 38.8 Å². The van der Waals surface area contributed by atoms with E-state index in [-0.39, 0.29) is 17.9 Å². The molecule has 7 heteroatoms. The van der Waals surface area contributed by atoms with Gasteiger partial charge in [0.05, 0.1) is 20.3 Å². The number of carbonyl (C=O) groups excluding carboxylic acids is 1. The highest BCUT2D eigenvalue weighted by Crippen LogP contribution is 2.29. The molecule has 22 heavy (non-hydrogen) atoms. The highest BCUT2D eigenvalue weighted by molar-refractivity contribution is 5.81. The molecule has 1 aliphatic carbocycles. The van der Waals surface area contributed by atoms with Crippen molar-refractivity contribution in [3.05, 3.63) is 6.07 Å². The molecule has 7 nitrogen and oxygen atoms in total. The molecule has 1 aromatic rings. The van der Waals surface area contributed by atoms with Crippen molar-refractivity contribution in [2.75, 3.05) is 32.2 Å². The number of hydrogen-bond donors (Lipinski definition) is 1. The molecule has 1 N–H and O–H groups in total. The normalized spacial score (nSPS) is 21.4. The summed E-state index contributed by atoms with van der Waals surface area (Å²) in [7, 11) is 3.14. The van der Waals surface area contributed by atoms with E-state index in [9.17, 15) is 4.79 Å². The van der Waals surface area contributed by atoms with Crippen molar-refractivity contribution in [2.45, 2.75) is 31.7 Å². The number of amides is 1. The van der Waals surface area contributed by atoms with Gasteiger partial charge in [-0.05, 0) is 25.7 Å². The average molecular weight is 306 g/mol. The van der Waals surface area contributed by atoms with Crippen molar-refractivity contribution >= 4 is 11.9 Å². The fraction of sp³-hybridized carbons (Fsp3) is 0.667. The van der Waals surface area contributed by atoms with Crippen molar-refractivity contribution in [2.24, 2.45) is 5.92 Å². The van der Waals surface area contributed by atoms with Crippen LogP contribution in [0.4, 0.5) is 5.95 Å². The smallest absolute Gasteiger partial charge is 0.232 e. The summed E-state index contributed by atoms with van der Waals surface area (Å²) in [5.74, 6) is 1.97. The molecule has 2 heterocycles. The highest BCUT2D eigenvalue weighted by atomic mass is 16.5. The SMILES string of the molecule is COc1cc(OC)nc(N2CCCC(NC(=O)C3CC3)C2)n1. The maximum absolute atomic E-state index is 11.9. The van der Waals surface area contributed by atoms with E-state index in [1.165, 1.54) is 0 Å². The minimum atomic E-state index is 0.155. The van der Waals surface area contributed by atoms with Gasteiger partial charge in [0.1, 0.15) is 0 Å². The number of ether oxygens (including phenoxy) is 2. The number of aromatic nitrogens is 2. The van der Waals surface area contributed by atoms with Crippen molar-refractivity contribution in [3.63, 3.8) is 0 Å². The van der Waals surface area contributed by atoms with Crippen molar-refractivity contribution < 1.29 is 14.3 Å². The van der Waals surface area contributed by atoms with Gasteiger partial charge in [0.25, 0.3) is 0 Å². The summed E-state index contributed by atoms with van der Waals surface area (Å²) in [6, 6.07) is 1.81. The Kier molecular flexibility index (Phi) is 4.31. The van der Waals surface area contributed by atoms with E-state index >= 15 is 0 Å². The maximum Gasteiger partial charge on any atom is 0.232 e. The van der Waals surface area contributed by atoms with Gasteiger partial charge in [-0.3, -0.25) is 4.79 Å². The zero-order valence-electron chi connectivity index (χ0n) is 13.0. The van der Waals surface area contributed by atoms with Gasteiger partial charge in [-0.15, -0.1) is 0 Å². The first-order valence-corrected chi connectivity index (χ1v) is 7.72. The molecule has 1 amide bonds. The van der Waals surface area contributed by atoms with Crippen molar-refractivity contribution in [1.29, 1.82) is 0 Å². The third kappa shape index (κ3) is 3.40. The summed E-state index contributed by atoms with van der Waals surface area (Å²) in [4.78, 5) is 22.8. The van der Waals surface area contributed by atoms with Gasteiger partial charge in [-0.25, -0.2) is 0 Å². The predicted octanol–water partition coefficient (Wildman–Crippen LogP) is 0.989. The molecule has 1 saturated heterocycles. The number of carbonyl (C=O) groups is 1. The molecule has 3 rings (SSSR count). The largest absolute Gasteiger partial charge is 0.481 e. The van der Waals surface area contributed by atoms with E-state index in [4.69, 9.17) is 9.47 Å². The molecular weight excluding hydrogens is 284 g/mol. The Bertz CT molecular complexity index is 525. The molecule has 1 aliphatic heterocycles. The van der Waals surface area contributed by atoms with Gasteiger partial charge < -0.3 is 19.7 Å². The quantitative estimate of drug-likeness (QED) is 0.874. The number of anilines is 1. The number of methoxy groups -OCH3 is 2. The fourth-order valence-corrected chi connectivity index (χ4v) is 2.68. The van der Waals surface area contributed by atoms with Crippen molar-refractivity contribution in [3.8, 4) is 11.8 Å². The number of hydrogen-bond acceptors (Lipinski definition) is 6. The molecule has 1 saturated carbocycles. The molecule has 0 spiro atoms. The zero-order chi connectivity index (χ0) is 15.5. The summed E-state index contributed by atoms with van der Waals surface area (Å²) >= 11 is 0. The summed E-state index contributed by atoms with van der Waals surface area (Å²) < 4.78 is 10.4. The standard InChI is InChI=1S/C15H22N4O3/c1-21-12-8-13(22-2)18-15(17-12)19-7-3-4-11(9-19)16-14(20)10-5-6-10/h8,10-11H,3-7,9H2,1-2H3,(H,16,20).